The molecule has 0 unspecified atom stereocenters. The lowest BCUT2D eigenvalue weighted by molar-refractivity contribution is -0.148. The molecule has 38 heavy (non-hydrogen) atoms. The summed E-state index contributed by atoms with van der Waals surface area (Å²) in [7, 11) is -4.09. The van der Waals surface area contributed by atoms with Crippen molar-refractivity contribution in [1.29, 1.82) is 0 Å². The number of β-lactam (4-membered cyclic amide) rings is 1. The first kappa shape index (κ1) is 27.6. The molecule has 0 aromatic heterocycles. The van der Waals surface area contributed by atoms with Gasteiger partial charge in [-0.05, 0) is 42.0 Å². The minimum absolute atomic E-state index is 0.0668. The first-order valence-electron chi connectivity index (χ1n) is 11.3. The third kappa shape index (κ3) is 6.15. The highest BCUT2D eigenvalue weighted by Crippen LogP contribution is 2.40. The van der Waals surface area contributed by atoms with Gasteiger partial charge >= 0.3 is 11.9 Å². The summed E-state index contributed by atoms with van der Waals surface area (Å²) in [6.07, 6.45) is 0. The molecule has 0 aliphatic carbocycles. The van der Waals surface area contributed by atoms with Gasteiger partial charge in [-0.3, -0.25) is 14.5 Å². The van der Waals surface area contributed by atoms with E-state index >= 15 is 0 Å². The number of anilines is 1. The summed E-state index contributed by atoms with van der Waals surface area (Å²) in [5.41, 5.74) is 1.60. The lowest BCUT2D eigenvalue weighted by Gasteiger charge is -2.49. The highest BCUT2D eigenvalue weighted by Gasteiger charge is 2.55. The molecule has 1 saturated heterocycles. The van der Waals surface area contributed by atoms with Crippen molar-refractivity contribution in [3.63, 3.8) is 0 Å². The predicted molar refractivity (Wildman–Crippen MR) is 144 cm³/mol. The number of hydrogen-bond acceptors (Lipinski definition) is 8. The molecule has 0 spiro atoms. The quantitative estimate of drug-likeness (QED) is 0.196. The molecule has 2 aromatic rings. The summed E-state index contributed by atoms with van der Waals surface area (Å²) in [4.78, 5) is 36.7. The molecule has 4 N–H and O–H groups in total. The topological polar surface area (TPSA) is 154 Å². The molecular weight excluding hydrogens is 552 g/mol. The number of hydrogen-bond donors (Lipinski definition) is 4. The van der Waals surface area contributed by atoms with Gasteiger partial charge in [0.2, 0.25) is 15.9 Å². The van der Waals surface area contributed by atoms with Gasteiger partial charge < -0.3 is 20.5 Å². The molecule has 0 radical (unpaired) electrons. The summed E-state index contributed by atoms with van der Waals surface area (Å²) in [5, 5.41) is 15.3. The zero-order valence-electron chi connectivity index (χ0n) is 20.0. The molecule has 0 saturated carbocycles. The Bertz CT molecular complexity index is 1400. The van der Waals surface area contributed by atoms with E-state index in [1.807, 2.05) is 30.3 Å². The summed E-state index contributed by atoms with van der Waals surface area (Å²) in [6, 6.07) is 14.4. The monoisotopic (exact) mass is 576 g/mol. The van der Waals surface area contributed by atoms with Crippen LogP contribution < -0.4 is 15.4 Å². The number of carboxylic acids is 1. The van der Waals surface area contributed by atoms with Crippen molar-refractivity contribution in [3.05, 3.63) is 71.4 Å². The second-order valence-corrected chi connectivity index (χ2v) is 11.6. The number of ether oxygens (including phenoxy) is 1. The number of amides is 1. The van der Waals surface area contributed by atoms with E-state index in [9.17, 15) is 27.9 Å². The molecular formula is C24H24N4O7S3. The summed E-state index contributed by atoms with van der Waals surface area (Å²) in [5.74, 6) is -2.47. The Kier molecular flexibility index (Phi) is 8.35. The average molecular weight is 577 g/mol. The number of thioether (sulfide) groups is 1. The highest BCUT2D eigenvalue weighted by atomic mass is 32.2. The Morgan fingerprint density at radius 1 is 1.16 bits per heavy atom. The molecule has 2 aliphatic heterocycles. The van der Waals surface area contributed by atoms with E-state index in [1.54, 1.807) is 12.1 Å². The van der Waals surface area contributed by atoms with Crippen LogP contribution >= 0.6 is 24.0 Å². The van der Waals surface area contributed by atoms with Crippen molar-refractivity contribution in [2.45, 2.75) is 29.8 Å². The number of esters is 1. The second-order valence-electron chi connectivity index (χ2n) is 8.36. The predicted octanol–water partition coefficient (Wildman–Crippen LogP) is 1.64. The van der Waals surface area contributed by atoms with Crippen LogP contribution in [0.4, 0.5) is 5.69 Å². The highest BCUT2D eigenvalue weighted by molar-refractivity contribution is 8.00. The van der Waals surface area contributed by atoms with E-state index in [-0.39, 0.29) is 28.5 Å². The zero-order chi connectivity index (χ0) is 27.4. The van der Waals surface area contributed by atoms with E-state index in [0.717, 1.165) is 10.5 Å². The maximum absolute atomic E-state index is 13.0. The molecule has 4 rings (SSSR count). The number of carboxylic acid groups (broad SMARTS) is 1. The van der Waals surface area contributed by atoms with Crippen LogP contribution in [-0.2, 0) is 35.7 Å². The van der Waals surface area contributed by atoms with E-state index < -0.39 is 39.3 Å². The van der Waals surface area contributed by atoms with Crippen LogP contribution in [0, 0.1) is 0 Å². The lowest BCUT2D eigenvalue weighted by atomic mass is 10.0. The van der Waals surface area contributed by atoms with Gasteiger partial charge in [-0.2, -0.15) is 4.72 Å². The van der Waals surface area contributed by atoms with Crippen molar-refractivity contribution in [2.24, 2.45) is 0 Å². The van der Waals surface area contributed by atoms with E-state index in [1.165, 1.54) is 30.8 Å². The molecule has 200 valence electrons. The molecule has 0 bridgehead atoms. The zero-order valence-corrected chi connectivity index (χ0v) is 22.5. The minimum atomic E-state index is -4.09. The third-order valence-corrected chi connectivity index (χ3v) is 8.74. The molecule has 2 atom stereocenters. The first-order chi connectivity index (χ1) is 18.1. The number of rotatable bonds is 9. The fourth-order valence-electron chi connectivity index (χ4n) is 3.86. The maximum Gasteiger partial charge on any atom is 0.352 e. The number of benzene rings is 2. The smallest absolute Gasteiger partial charge is 0.352 e. The Hall–Kier alpha value is -3.46. The lowest BCUT2D eigenvalue weighted by Crippen LogP contribution is -2.70. The van der Waals surface area contributed by atoms with Gasteiger partial charge in [0, 0.05) is 30.5 Å². The van der Waals surface area contributed by atoms with Crippen LogP contribution in [0.1, 0.15) is 12.5 Å². The van der Waals surface area contributed by atoms with Gasteiger partial charge in [0.15, 0.2) is 5.11 Å². The van der Waals surface area contributed by atoms with Crippen molar-refractivity contribution >= 4 is 62.6 Å². The number of nitrogens with one attached hydrogen (secondary N) is 3. The number of sulfonamides is 1. The van der Waals surface area contributed by atoms with Crippen LogP contribution in [0.3, 0.4) is 0 Å². The Balaban J connectivity index is 1.38. The SMILES string of the molecule is CC(=O)OCC1=C(C(=O)O)N2C(=O)[C@@H](NS(=O)(=O)c3ccc(NC(=S)NCc4ccccc4)cc3)[C@H]2SC1. The van der Waals surface area contributed by atoms with Crippen LogP contribution in [0.5, 0.6) is 0 Å². The number of fused-ring (bicyclic) bond motifs is 1. The van der Waals surface area contributed by atoms with E-state index in [0.29, 0.717) is 17.3 Å². The molecule has 1 amide bonds. The van der Waals surface area contributed by atoms with Crippen LogP contribution in [0.15, 0.2) is 70.8 Å². The summed E-state index contributed by atoms with van der Waals surface area (Å²) < 4.78 is 33.2. The third-order valence-electron chi connectivity index (χ3n) is 5.70. The van der Waals surface area contributed by atoms with Gasteiger partial charge in [-0.1, -0.05) is 30.3 Å². The van der Waals surface area contributed by atoms with Crippen LogP contribution in [0.2, 0.25) is 0 Å². The first-order valence-corrected chi connectivity index (χ1v) is 14.3. The van der Waals surface area contributed by atoms with E-state index in [4.69, 9.17) is 17.0 Å². The largest absolute Gasteiger partial charge is 0.477 e. The van der Waals surface area contributed by atoms with Gasteiger partial charge in [0.25, 0.3) is 0 Å². The number of nitrogens with zero attached hydrogens (tertiary/aromatic N) is 1. The Morgan fingerprint density at radius 3 is 2.47 bits per heavy atom. The van der Waals surface area contributed by atoms with Crippen molar-refractivity contribution in [3.8, 4) is 0 Å². The van der Waals surface area contributed by atoms with E-state index in [2.05, 4.69) is 15.4 Å². The molecule has 14 heteroatoms. The van der Waals surface area contributed by atoms with Gasteiger partial charge in [0.1, 0.15) is 23.7 Å². The standard InChI is InChI=1S/C24H24N4O7S3/c1-14(29)35-12-16-13-37-22-19(21(30)28(22)20(16)23(31)32)27-38(33,34)18-9-7-17(8-10-18)26-24(36)25-11-15-5-3-2-4-6-15/h2-10,19,22,27H,11-13H2,1H3,(H,31,32)(H2,25,26,36)/t19-,22-/m1/s1. The van der Waals surface area contributed by atoms with Crippen LogP contribution in [-0.4, -0.2) is 65.2 Å². The van der Waals surface area contributed by atoms with Crippen LogP contribution in [0.25, 0.3) is 0 Å². The summed E-state index contributed by atoms with van der Waals surface area (Å²) >= 11 is 6.48. The second kappa shape index (κ2) is 11.5. The Morgan fingerprint density at radius 2 is 1.84 bits per heavy atom. The van der Waals surface area contributed by atoms with Gasteiger partial charge in [-0.25, -0.2) is 13.2 Å². The average Bonchev–Trinajstić information content (AvgIpc) is 2.89. The summed E-state index contributed by atoms with van der Waals surface area (Å²) in [6.45, 7) is 1.46. The fraction of sp³-hybridized carbons (Fsp3) is 0.250. The molecule has 2 aliphatic rings. The van der Waals surface area contributed by atoms with Crippen molar-refractivity contribution in [2.75, 3.05) is 17.7 Å². The van der Waals surface area contributed by atoms with Crippen molar-refractivity contribution in [1.82, 2.24) is 14.9 Å². The maximum atomic E-state index is 13.0. The number of carbonyl (C=O) groups excluding carboxylic acids is 2. The number of carbonyl (C=O) groups is 3. The molecule has 11 nitrogen and oxygen atoms in total. The van der Waals surface area contributed by atoms with Crippen molar-refractivity contribution < 1.29 is 32.6 Å². The molecule has 2 aromatic carbocycles. The van der Waals surface area contributed by atoms with Gasteiger partial charge in [0.05, 0.1) is 4.90 Å². The fourth-order valence-corrected chi connectivity index (χ4v) is 6.66. The minimum Gasteiger partial charge on any atom is -0.477 e. The molecule has 2 heterocycles. The Labute approximate surface area is 228 Å². The number of aliphatic carboxylic acids is 1. The normalized spacial score (nSPS) is 18.8. The van der Waals surface area contributed by atoms with Gasteiger partial charge in [-0.15, -0.1) is 11.8 Å². The molecule has 1 fully saturated rings. The number of thiocarbonyl (C=S) groups is 1.